The minimum absolute atomic E-state index is 0.107. The molecule has 0 bridgehead atoms. The quantitative estimate of drug-likeness (QED) is 0.733. The van der Waals surface area contributed by atoms with E-state index < -0.39 is 5.97 Å². The van der Waals surface area contributed by atoms with E-state index in [0.29, 0.717) is 25.1 Å². The van der Waals surface area contributed by atoms with Crippen LogP contribution in [0.15, 0.2) is 24.3 Å². The van der Waals surface area contributed by atoms with E-state index in [-0.39, 0.29) is 18.2 Å². The lowest BCUT2D eigenvalue weighted by Crippen LogP contribution is -2.25. The van der Waals surface area contributed by atoms with Crippen LogP contribution >= 0.6 is 0 Å². The molecule has 0 saturated carbocycles. The molecule has 1 atom stereocenters. The van der Waals surface area contributed by atoms with Crippen molar-refractivity contribution in [3.63, 3.8) is 0 Å². The zero-order valence-electron chi connectivity index (χ0n) is 12.6. The Kier molecular flexibility index (Phi) is 7.46. The Hall–Kier alpha value is -1.88. The van der Waals surface area contributed by atoms with Crippen LogP contribution in [0.25, 0.3) is 0 Å². The summed E-state index contributed by atoms with van der Waals surface area (Å²) in [6.45, 7) is 3.08. The molecule has 1 unspecified atom stereocenters. The van der Waals surface area contributed by atoms with Gasteiger partial charge in [-0.25, -0.2) is 0 Å². The summed E-state index contributed by atoms with van der Waals surface area (Å²) in [4.78, 5) is 22.4. The number of rotatable bonds is 9. The number of methoxy groups -OCH3 is 1. The van der Waals surface area contributed by atoms with E-state index in [0.717, 1.165) is 12.0 Å². The summed E-state index contributed by atoms with van der Waals surface area (Å²) in [6.07, 6.45) is 1.59. The number of carbonyl (C=O) groups excluding carboxylic acids is 1. The van der Waals surface area contributed by atoms with Crippen LogP contribution in [0, 0.1) is 5.92 Å². The summed E-state index contributed by atoms with van der Waals surface area (Å²) < 4.78 is 5.02. The average molecular weight is 293 g/mol. The Morgan fingerprint density at radius 3 is 2.48 bits per heavy atom. The third-order valence-electron chi connectivity index (χ3n) is 3.30. The smallest absolute Gasteiger partial charge is 0.303 e. The molecule has 0 saturated heterocycles. The summed E-state index contributed by atoms with van der Waals surface area (Å²) in [7, 11) is 1.63. The number of benzene rings is 1. The largest absolute Gasteiger partial charge is 0.481 e. The molecule has 0 aliphatic rings. The predicted molar refractivity (Wildman–Crippen MR) is 80.1 cm³/mol. The summed E-state index contributed by atoms with van der Waals surface area (Å²) in [6, 6.07) is 7.29. The van der Waals surface area contributed by atoms with E-state index in [1.165, 1.54) is 0 Å². The van der Waals surface area contributed by atoms with E-state index in [1.54, 1.807) is 19.2 Å². The molecule has 0 aliphatic heterocycles. The van der Waals surface area contributed by atoms with Crippen LogP contribution in [-0.4, -0.2) is 30.6 Å². The highest BCUT2D eigenvalue weighted by molar-refractivity contribution is 5.94. The molecule has 2 N–H and O–H groups in total. The molecule has 0 heterocycles. The fourth-order valence-corrected chi connectivity index (χ4v) is 1.97. The van der Waals surface area contributed by atoms with Crippen molar-refractivity contribution in [1.82, 2.24) is 5.32 Å². The first-order chi connectivity index (χ1) is 10.0. The van der Waals surface area contributed by atoms with Crippen molar-refractivity contribution in [3.8, 4) is 0 Å². The first kappa shape index (κ1) is 17.2. The van der Waals surface area contributed by atoms with E-state index >= 15 is 0 Å². The van der Waals surface area contributed by atoms with Gasteiger partial charge in [-0.3, -0.25) is 9.59 Å². The molecule has 1 aromatic carbocycles. The number of ether oxygens (including phenoxy) is 1. The Morgan fingerprint density at radius 2 is 1.90 bits per heavy atom. The van der Waals surface area contributed by atoms with Gasteiger partial charge in [-0.05, 0) is 36.5 Å². The zero-order chi connectivity index (χ0) is 15.7. The summed E-state index contributed by atoms with van der Waals surface area (Å²) >= 11 is 0. The highest BCUT2D eigenvalue weighted by Crippen LogP contribution is 2.10. The molecule has 0 aromatic heterocycles. The van der Waals surface area contributed by atoms with Gasteiger partial charge in [0.05, 0.1) is 6.61 Å². The van der Waals surface area contributed by atoms with Gasteiger partial charge in [-0.15, -0.1) is 0 Å². The first-order valence-electron chi connectivity index (χ1n) is 7.10. The highest BCUT2D eigenvalue weighted by atomic mass is 16.5. The maximum Gasteiger partial charge on any atom is 0.303 e. The molecule has 0 spiro atoms. The molecular formula is C16H23NO4. The maximum atomic E-state index is 11.9. The lowest BCUT2D eigenvalue weighted by molar-refractivity contribution is -0.137. The van der Waals surface area contributed by atoms with Gasteiger partial charge in [-0.1, -0.05) is 19.1 Å². The predicted octanol–water partition coefficient (Wildman–Crippen LogP) is 2.45. The molecule has 1 aromatic rings. The monoisotopic (exact) mass is 293 g/mol. The first-order valence-corrected chi connectivity index (χ1v) is 7.10. The number of carboxylic acid groups (broad SMARTS) is 1. The molecule has 1 rings (SSSR count). The number of hydrogen-bond donors (Lipinski definition) is 2. The Labute approximate surface area is 125 Å². The molecule has 5 heteroatoms. The SMILES string of the molecule is COCc1ccc(C(=O)NCCC(C)CCC(=O)O)cc1. The second-order valence-corrected chi connectivity index (χ2v) is 5.21. The van der Waals surface area contributed by atoms with Crippen LogP contribution in [0.1, 0.15) is 42.1 Å². The second-order valence-electron chi connectivity index (χ2n) is 5.21. The fraction of sp³-hybridized carbons (Fsp3) is 0.500. The van der Waals surface area contributed by atoms with Crippen molar-refractivity contribution in [1.29, 1.82) is 0 Å². The third-order valence-corrected chi connectivity index (χ3v) is 3.30. The summed E-state index contributed by atoms with van der Waals surface area (Å²) in [5, 5.41) is 11.5. The number of aliphatic carboxylic acids is 1. The van der Waals surface area contributed by atoms with Crippen LogP contribution < -0.4 is 5.32 Å². The topological polar surface area (TPSA) is 75.6 Å². The number of amides is 1. The number of carboxylic acids is 1. The van der Waals surface area contributed by atoms with E-state index in [9.17, 15) is 9.59 Å². The second kappa shape index (κ2) is 9.13. The van der Waals surface area contributed by atoms with Crippen molar-refractivity contribution in [2.45, 2.75) is 32.8 Å². The lowest BCUT2D eigenvalue weighted by Gasteiger charge is -2.11. The van der Waals surface area contributed by atoms with Gasteiger partial charge in [0.25, 0.3) is 5.91 Å². The minimum atomic E-state index is -0.776. The molecule has 1 amide bonds. The molecule has 0 fully saturated rings. The number of nitrogens with one attached hydrogen (secondary N) is 1. The van der Waals surface area contributed by atoms with Gasteiger partial charge in [0.2, 0.25) is 0 Å². The van der Waals surface area contributed by atoms with Gasteiger partial charge in [0.15, 0.2) is 0 Å². The van der Waals surface area contributed by atoms with Crippen molar-refractivity contribution in [2.24, 2.45) is 5.92 Å². The van der Waals surface area contributed by atoms with E-state index in [1.807, 2.05) is 19.1 Å². The third kappa shape index (κ3) is 6.90. The molecule has 116 valence electrons. The van der Waals surface area contributed by atoms with Gasteiger partial charge in [0.1, 0.15) is 0 Å². The summed E-state index contributed by atoms with van der Waals surface area (Å²) in [5.41, 5.74) is 1.64. The van der Waals surface area contributed by atoms with Gasteiger partial charge in [0, 0.05) is 25.6 Å². The Bertz CT molecular complexity index is 456. The van der Waals surface area contributed by atoms with Gasteiger partial charge in [-0.2, -0.15) is 0 Å². The highest BCUT2D eigenvalue weighted by Gasteiger charge is 2.08. The molecule has 0 radical (unpaired) electrons. The van der Waals surface area contributed by atoms with Crippen molar-refractivity contribution in [2.75, 3.05) is 13.7 Å². The molecular weight excluding hydrogens is 270 g/mol. The number of carbonyl (C=O) groups is 2. The van der Waals surface area contributed by atoms with Crippen LogP contribution in [-0.2, 0) is 16.1 Å². The lowest BCUT2D eigenvalue weighted by atomic mass is 10.0. The zero-order valence-corrected chi connectivity index (χ0v) is 12.6. The van der Waals surface area contributed by atoms with Crippen LogP contribution in [0.4, 0.5) is 0 Å². The van der Waals surface area contributed by atoms with Crippen LogP contribution in [0.5, 0.6) is 0 Å². The van der Waals surface area contributed by atoms with Crippen molar-refractivity contribution >= 4 is 11.9 Å². The molecule has 21 heavy (non-hydrogen) atoms. The van der Waals surface area contributed by atoms with Gasteiger partial charge < -0.3 is 15.2 Å². The Morgan fingerprint density at radius 1 is 1.24 bits per heavy atom. The average Bonchev–Trinajstić information content (AvgIpc) is 2.46. The normalized spacial score (nSPS) is 11.9. The van der Waals surface area contributed by atoms with Gasteiger partial charge >= 0.3 is 5.97 Å². The van der Waals surface area contributed by atoms with E-state index in [4.69, 9.17) is 9.84 Å². The summed E-state index contributed by atoms with van der Waals surface area (Å²) in [5.74, 6) is -0.600. The molecule has 5 nitrogen and oxygen atoms in total. The van der Waals surface area contributed by atoms with Crippen LogP contribution in [0.3, 0.4) is 0 Å². The maximum absolute atomic E-state index is 11.9. The fourth-order valence-electron chi connectivity index (χ4n) is 1.97. The standard InChI is InChI=1S/C16H23NO4/c1-12(3-8-15(18)19)9-10-17-16(20)14-6-4-13(5-7-14)11-21-2/h4-7,12H,3,8-11H2,1-2H3,(H,17,20)(H,18,19). The van der Waals surface area contributed by atoms with Crippen molar-refractivity contribution in [3.05, 3.63) is 35.4 Å². The number of hydrogen-bond acceptors (Lipinski definition) is 3. The minimum Gasteiger partial charge on any atom is -0.481 e. The van der Waals surface area contributed by atoms with Crippen LogP contribution in [0.2, 0.25) is 0 Å². The van der Waals surface area contributed by atoms with E-state index in [2.05, 4.69) is 5.32 Å². The van der Waals surface area contributed by atoms with Crippen molar-refractivity contribution < 1.29 is 19.4 Å². The molecule has 0 aliphatic carbocycles. The Balaban J connectivity index is 2.31.